The zero-order valence-electron chi connectivity index (χ0n) is 16.5. The van der Waals surface area contributed by atoms with Gasteiger partial charge in [-0.3, -0.25) is 0 Å². The van der Waals surface area contributed by atoms with Gasteiger partial charge in [-0.15, -0.1) is 10.2 Å². The molecule has 0 unspecified atom stereocenters. The lowest BCUT2D eigenvalue weighted by molar-refractivity contribution is 0.208. The first kappa shape index (κ1) is 20.4. The minimum atomic E-state index is -0.151. The van der Waals surface area contributed by atoms with Crippen molar-refractivity contribution in [3.05, 3.63) is 70.2 Å². The van der Waals surface area contributed by atoms with Crippen LogP contribution < -0.4 is 10.2 Å². The standard InChI is InChI=1S/C22H21Cl2N5O/c1-15-6-7-18(24)20(14-15)25-22(30)29-12-10-28(11-13-29)21-9-8-19(26-27-21)16-4-2-3-5-17(16)23/h2-9,14H,10-13H2,1H3,(H,25,30). The Bertz CT molecular complexity index is 1050. The first-order valence-electron chi connectivity index (χ1n) is 9.67. The molecule has 154 valence electrons. The van der Waals surface area contributed by atoms with Crippen LogP contribution in [0.15, 0.2) is 54.6 Å². The van der Waals surface area contributed by atoms with Crippen LogP contribution in [-0.4, -0.2) is 47.3 Å². The highest BCUT2D eigenvalue weighted by atomic mass is 35.5. The molecule has 30 heavy (non-hydrogen) atoms. The molecule has 8 heteroatoms. The average Bonchev–Trinajstić information content (AvgIpc) is 2.77. The van der Waals surface area contributed by atoms with Gasteiger partial charge < -0.3 is 15.1 Å². The molecule has 0 atom stereocenters. The predicted molar refractivity (Wildman–Crippen MR) is 121 cm³/mol. The Hall–Kier alpha value is -2.83. The number of rotatable bonds is 3. The fraction of sp³-hybridized carbons (Fsp3) is 0.227. The molecule has 0 aliphatic carbocycles. The first-order valence-corrected chi connectivity index (χ1v) is 10.4. The Morgan fingerprint density at radius 2 is 1.70 bits per heavy atom. The van der Waals surface area contributed by atoms with Crippen molar-refractivity contribution in [1.29, 1.82) is 0 Å². The lowest BCUT2D eigenvalue weighted by atomic mass is 10.1. The molecule has 6 nitrogen and oxygen atoms in total. The average molecular weight is 442 g/mol. The summed E-state index contributed by atoms with van der Waals surface area (Å²) in [5, 5.41) is 12.8. The number of benzene rings is 2. The Morgan fingerprint density at radius 1 is 0.933 bits per heavy atom. The predicted octanol–water partition coefficient (Wildman–Crippen LogP) is 5.11. The molecule has 0 saturated carbocycles. The summed E-state index contributed by atoms with van der Waals surface area (Å²) in [6, 6.07) is 16.8. The largest absolute Gasteiger partial charge is 0.352 e. The van der Waals surface area contributed by atoms with Crippen LogP contribution in [0.3, 0.4) is 0 Å². The van der Waals surface area contributed by atoms with Gasteiger partial charge in [0.2, 0.25) is 0 Å². The van der Waals surface area contributed by atoms with Crippen LogP contribution in [0.1, 0.15) is 5.56 Å². The Balaban J connectivity index is 1.37. The number of aromatic nitrogens is 2. The molecular weight excluding hydrogens is 421 g/mol. The second kappa shape index (κ2) is 8.90. The van der Waals surface area contributed by atoms with Crippen LogP contribution >= 0.6 is 23.2 Å². The molecule has 2 aromatic carbocycles. The number of anilines is 2. The van der Waals surface area contributed by atoms with Crippen LogP contribution in [0.2, 0.25) is 10.0 Å². The molecule has 1 aromatic heterocycles. The zero-order chi connectivity index (χ0) is 21.1. The van der Waals surface area contributed by atoms with E-state index in [-0.39, 0.29) is 6.03 Å². The van der Waals surface area contributed by atoms with E-state index in [0.29, 0.717) is 41.9 Å². The number of amides is 2. The van der Waals surface area contributed by atoms with E-state index in [0.717, 1.165) is 22.6 Å². The van der Waals surface area contributed by atoms with Gasteiger partial charge >= 0.3 is 6.03 Å². The molecule has 1 aliphatic rings. The second-order valence-electron chi connectivity index (χ2n) is 7.14. The van der Waals surface area contributed by atoms with Crippen molar-refractivity contribution in [3.8, 4) is 11.3 Å². The number of carbonyl (C=O) groups is 1. The third kappa shape index (κ3) is 4.50. The van der Waals surface area contributed by atoms with Crippen molar-refractivity contribution in [2.75, 3.05) is 36.4 Å². The molecule has 0 bridgehead atoms. The summed E-state index contributed by atoms with van der Waals surface area (Å²) in [5.74, 6) is 0.785. The number of nitrogens with one attached hydrogen (secondary N) is 1. The van der Waals surface area contributed by atoms with Crippen molar-refractivity contribution < 1.29 is 4.79 Å². The van der Waals surface area contributed by atoms with Gasteiger partial charge in [0.15, 0.2) is 5.82 Å². The highest BCUT2D eigenvalue weighted by Crippen LogP contribution is 2.27. The molecule has 3 aromatic rings. The Morgan fingerprint density at radius 3 is 2.40 bits per heavy atom. The topological polar surface area (TPSA) is 61.4 Å². The van der Waals surface area contributed by atoms with Gasteiger partial charge in [0.25, 0.3) is 0 Å². The van der Waals surface area contributed by atoms with Gasteiger partial charge in [0.1, 0.15) is 0 Å². The summed E-state index contributed by atoms with van der Waals surface area (Å²) >= 11 is 12.4. The van der Waals surface area contributed by atoms with E-state index >= 15 is 0 Å². The molecule has 2 heterocycles. The molecule has 1 fully saturated rings. The van der Waals surface area contributed by atoms with Crippen LogP contribution in [0.5, 0.6) is 0 Å². The summed E-state index contributed by atoms with van der Waals surface area (Å²) < 4.78 is 0. The molecule has 0 spiro atoms. The fourth-order valence-electron chi connectivity index (χ4n) is 3.37. The summed E-state index contributed by atoms with van der Waals surface area (Å²) in [7, 11) is 0. The van der Waals surface area contributed by atoms with E-state index in [4.69, 9.17) is 23.2 Å². The number of nitrogens with zero attached hydrogens (tertiary/aromatic N) is 4. The molecule has 0 radical (unpaired) electrons. The minimum absolute atomic E-state index is 0.151. The number of aryl methyl sites for hydroxylation is 1. The van der Waals surface area contributed by atoms with Crippen molar-refractivity contribution in [3.63, 3.8) is 0 Å². The van der Waals surface area contributed by atoms with Crippen LogP contribution in [0.25, 0.3) is 11.3 Å². The van der Waals surface area contributed by atoms with Gasteiger partial charge in [-0.1, -0.05) is 47.5 Å². The van der Waals surface area contributed by atoms with Gasteiger partial charge in [0, 0.05) is 31.7 Å². The Kier molecular flexibility index (Phi) is 6.06. The molecule has 2 amide bonds. The fourth-order valence-corrected chi connectivity index (χ4v) is 3.77. The van der Waals surface area contributed by atoms with Crippen molar-refractivity contribution in [2.24, 2.45) is 0 Å². The van der Waals surface area contributed by atoms with Crippen molar-refractivity contribution in [2.45, 2.75) is 6.92 Å². The first-order chi connectivity index (χ1) is 14.5. The van der Waals surface area contributed by atoms with Crippen molar-refractivity contribution >= 4 is 40.7 Å². The summed E-state index contributed by atoms with van der Waals surface area (Å²) in [6.07, 6.45) is 0. The number of hydrogen-bond acceptors (Lipinski definition) is 4. The van der Waals surface area contributed by atoms with Crippen molar-refractivity contribution in [1.82, 2.24) is 15.1 Å². The summed E-state index contributed by atoms with van der Waals surface area (Å²) in [5.41, 5.74) is 3.26. The lowest BCUT2D eigenvalue weighted by Crippen LogP contribution is -2.50. The van der Waals surface area contributed by atoms with Gasteiger partial charge in [-0.25, -0.2) is 4.79 Å². The molecule has 1 saturated heterocycles. The molecule has 1 aliphatic heterocycles. The van der Waals surface area contributed by atoms with E-state index < -0.39 is 0 Å². The highest BCUT2D eigenvalue weighted by molar-refractivity contribution is 6.33. The van der Waals surface area contributed by atoms with Crippen LogP contribution in [0.4, 0.5) is 16.3 Å². The zero-order valence-corrected chi connectivity index (χ0v) is 18.0. The van der Waals surface area contributed by atoms with Gasteiger partial charge in [-0.2, -0.15) is 0 Å². The van der Waals surface area contributed by atoms with E-state index in [1.54, 1.807) is 11.0 Å². The SMILES string of the molecule is Cc1ccc(Cl)c(NC(=O)N2CCN(c3ccc(-c4ccccc4Cl)nn3)CC2)c1. The number of halogens is 2. The summed E-state index contributed by atoms with van der Waals surface area (Å²) in [6.45, 7) is 4.49. The number of piperazine rings is 1. The maximum atomic E-state index is 12.6. The van der Waals surface area contributed by atoms with E-state index in [1.807, 2.05) is 55.5 Å². The third-order valence-corrected chi connectivity index (χ3v) is 5.71. The number of urea groups is 1. The third-order valence-electron chi connectivity index (χ3n) is 5.05. The minimum Gasteiger partial charge on any atom is -0.352 e. The quantitative estimate of drug-likeness (QED) is 0.612. The summed E-state index contributed by atoms with van der Waals surface area (Å²) in [4.78, 5) is 16.5. The maximum Gasteiger partial charge on any atom is 0.322 e. The van der Waals surface area contributed by atoms with Gasteiger partial charge in [-0.05, 0) is 42.8 Å². The van der Waals surface area contributed by atoms with E-state index in [9.17, 15) is 4.79 Å². The monoisotopic (exact) mass is 441 g/mol. The smallest absolute Gasteiger partial charge is 0.322 e. The molecule has 4 rings (SSSR count). The highest BCUT2D eigenvalue weighted by Gasteiger charge is 2.23. The van der Waals surface area contributed by atoms with E-state index in [2.05, 4.69) is 20.4 Å². The molecular formula is C22H21Cl2N5O. The normalized spacial score (nSPS) is 14.0. The molecule has 1 N–H and O–H groups in total. The lowest BCUT2D eigenvalue weighted by Gasteiger charge is -2.35. The van der Waals surface area contributed by atoms with Crippen LogP contribution in [-0.2, 0) is 0 Å². The second-order valence-corrected chi connectivity index (χ2v) is 7.96. The van der Waals surface area contributed by atoms with E-state index in [1.165, 1.54) is 0 Å². The Labute approximate surface area is 185 Å². The number of hydrogen-bond donors (Lipinski definition) is 1. The maximum absolute atomic E-state index is 12.6. The van der Waals surface area contributed by atoms with Gasteiger partial charge in [0.05, 0.1) is 21.4 Å². The van der Waals surface area contributed by atoms with Crippen LogP contribution in [0, 0.1) is 6.92 Å². The number of carbonyl (C=O) groups excluding carboxylic acids is 1.